The van der Waals surface area contributed by atoms with Gasteiger partial charge in [0.25, 0.3) is 0 Å². The SMILES string of the molecule is CC[C@H](C)[C@H](N)C(=O)N1CCC[C@H]1C(=O)N[C@@H](Cc1ccc(O)cc1)C(=O)N[C@@H](CCCCN)C(=O)N[C@H](C(=O)N[C@H](C(=O)N[C@@H](CCCCN)C(=O)N[C@@H](CO)C(=O)O)[C@@H](C)O)[C@@H](C)O. The van der Waals surface area contributed by atoms with Crippen LogP contribution in [0.25, 0.3) is 0 Å². The summed E-state index contributed by atoms with van der Waals surface area (Å²) in [5.74, 6) is -7.74. The molecular weight excluding hydrogens is 865 g/mol. The summed E-state index contributed by atoms with van der Waals surface area (Å²) in [4.78, 5) is 109. The third kappa shape index (κ3) is 17.7. The maximum Gasteiger partial charge on any atom is 0.328 e. The lowest BCUT2D eigenvalue weighted by molar-refractivity contribution is -0.143. The molecule has 0 radical (unpaired) electrons. The van der Waals surface area contributed by atoms with Crippen molar-refractivity contribution in [2.75, 3.05) is 26.2 Å². The molecule has 1 aromatic rings. The molecule has 66 heavy (non-hydrogen) atoms. The Kier molecular flexibility index (Phi) is 24.5. The number of nitrogens with two attached hydrogens (primary N) is 3. The summed E-state index contributed by atoms with van der Waals surface area (Å²) in [6.07, 6.45) is -0.499. The molecule has 1 aromatic carbocycles. The third-order valence-electron chi connectivity index (χ3n) is 11.5. The van der Waals surface area contributed by atoms with Crippen molar-refractivity contribution in [3.63, 3.8) is 0 Å². The number of phenolic OH excluding ortho intramolecular Hbond substituents is 1. The van der Waals surface area contributed by atoms with Gasteiger partial charge in [0.15, 0.2) is 0 Å². The molecule has 372 valence electrons. The molecule has 0 aromatic heterocycles. The van der Waals surface area contributed by atoms with Crippen molar-refractivity contribution in [2.24, 2.45) is 23.1 Å². The van der Waals surface area contributed by atoms with Crippen molar-refractivity contribution in [3.8, 4) is 5.75 Å². The number of rotatable bonds is 29. The number of unbranched alkanes of at least 4 members (excludes halogenated alkanes) is 2. The Hall–Kier alpha value is -5.46. The number of carbonyl (C=O) groups excluding carboxylic acids is 7. The maximum absolute atomic E-state index is 14.2. The minimum Gasteiger partial charge on any atom is -0.508 e. The number of carboxylic acids is 1. The van der Waals surface area contributed by atoms with Crippen LogP contribution in [-0.2, 0) is 44.8 Å². The zero-order chi connectivity index (χ0) is 49.7. The highest BCUT2D eigenvalue weighted by atomic mass is 16.4. The third-order valence-corrected chi connectivity index (χ3v) is 11.5. The highest BCUT2D eigenvalue weighted by Gasteiger charge is 2.40. The smallest absolute Gasteiger partial charge is 0.328 e. The molecule has 2 rings (SSSR count). The van der Waals surface area contributed by atoms with Crippen molar-refractivity contribution in [1.29, 1.82) is 0 Å². The van der Waals surface area contributed by atoms with Crippen LogP contribution in [0.2, 0.25) is 0 Å². The number of aliphatic hydroxyl groups excluding tert-OH is 3. The van der Waals surface area contributed by atoms with Crippen LogP contribution >= 0.6 is 0 Å². The van der Waals surface area contributed by atoms with Crippen molar-refractivity contribution in [1.82, 2.24) is 36.8 Å². The van der Waals surface area contributed by atoms with E-state index in [1.165, 1.54) is 17.0 Å². The summed E-state index contributed by atoms with van der Waals surface area (Å²) in [5.41, 5.74) is 18.0. The molecule has 1 fully saturated rings. The molecule has 0 bridgehead atoms. The number of amides is 7. The Morgan fingerprint density at radius 1 is 0.697 bits per heavy atom. The number of hydrogen-bond donors (Lipinski definition) is 14. The monoisotopic (exact) mass is 937 g/mol. The summed E-state index contributed by atoms with van der Waals surface area (Å²) in [6.45, 7) is 5.85. The molecule has 23 heteroatoms. The molecule has 1 aliphatic rings. The predicted molar refractivity (Wildman–Crippen MR) is 239 cm³/mol. The number of phenols is 1. The second-order valence-corrected chi connectivity index (χ2v) is 16.8. The van der Waals surface area contributed by atoms with Gasteiger partial charge in [-0.3, -0.25) is 33.6 Å². The second-order valence-electron chi connectivity index (χ2n) is 16.8. The molecule has 0 aliphatic carbocycles. The van der Waals surface area contributed by atoms with Gasteiger partial charge >= 0.3 is 5.97 Å². The Morgan fingerprint density at radius 3 is 1.65 bits per heavy atom. The summed E-state index contributed by atoms with van der Waals surface area (Å²) < 4.78 is 0. The number of hydrogen-bond acceptors (Lipinski definition) is 15. The molecule has 1 aliphatic heterocycles. The van der Waals surface area contributed by atoms with Crippen LogP contribution in [0, 0.1) is 5.92 Å². The van der Waals surface area contributed by atoms with E-state index in [1.54, 1.807) is 12.1 Å². The van der Waals surface area contributed by atoms with Crippen LogP contribution in [0.5, 0.6) is 5.75 Å². The molecule has 11 atom stereocenters. The normalized spacial score (nSPS) is 18.2. The Labute approximate surface area is 384 Å². The quantitative estimate of drug-likeness (QED) is 0.0344. The first-order valence-corrected chi connectivity index (χ1v) is 22.5. The van der Waals surface area contributed by atoms with E-state index < -0.39 is 114 Å². The number of aromatic hydroxyl groups is 1. The standard InChI is InChI=1S/C43H72N10O13/c1-5-23(2)33(46)42(64)53-20-10-13-32(53)39(61)49-30(21-26-14-16-27(57)17-15-26)38(60)47-29(12-7-9-19-45)37(59)51-35(25(4)56)41(63)52-34(24(3)55)40(62)48-28(11-6-8-18-44)36(58)50-31(22-54)43(65)66/h14-17,23-25,28-35,54-57H,5-13,18-22,44-46H2,1-4H3,(H,47,60)(H,48,62)(H,49,61)(H,50,58)(H,51,59)(H,52,63)(H,65,66)/t23-,24+,25+,28-,29-,30-,31-,32-,33-,34-,35-/m0/s1. The Balaban J connectivity index is 2.37. The number of carboxylic acid groups (broad SMARTS) is 1. The molecule has 0 saturated carbocycles. The molecule has 17 N–H and O–H groups in total. The van der Waals surface area contributed by atoms with E-state index in [4.69, 9.17) is 17.2 Å². The number of nitrogens with zero attached hydrogens (tertiary/aromatic N) is 1. The molecule has 1 saturated heterocycles. The fourth-order valence-corrected chi connectivity index (χ4v) is 7.16. The van der Waals surface area contributed by atoms with Crippen LogP contribution in [0.15, 0.2) is 24.3 Å². The lowest BCUT2D eigenvalue weighted by Crippen LogP contribution is -2.63. The van der Waals surface area contributed by atoms with E-state index in [0.29, 0.717) is 50.5 Å². The topological polar surface area (TPSA) is 391 Å². The molecular formula is C43H72N10O13. The van der Waals surface area contributed by atoms with Gasteiger partial charge in [0, 0.05) is 13.0 Å². The first-order chi connectivity index (χ1) is 31.2. The van der Waals surface area contributed by atoms with Crippen LogP contribution in [0.1, 0.15) is 91.0 Å². The largest absolute Gasteiger partial charge is 0.508 e. The van der Waals surface area contributed by atoms with Gasteiger partial charge in [-0.15, -0.1) is 0 Å². The average Bonchev–Trinajstić information content (AvgIpc) is 3.78. The van der Waals surface area contributed by atoms with E-state index in [0.717, 1.165) is 13.8 Å². The number of aliphatic carboxylic acids is 1. The first kappa shape index (κ1) is 56.7. The lowest BCUT2D eigenvalue weighted by Gasteiger charge is -2.30. The minimum absolute atomic E-state index is 0.0213. The Morgan fingerprint density at radius 2 is 1.17 bits per heavy atom. The van der Waals surface area contributed by atoms with Crippen molar-refractivity contribution < 1.29 is 63.9 Å². The van der Waals surface area contributed by atoms with Crippen molar-refractivity contribution in [2.45, 2.75) is 152 Å². The van der Waals surface area contributed by atoms with E-state index >= 15 is 0 Å². The van der Waals surface area contributed by atoms with Gasteiger partial charge in [0.05, 0.1) is 24.9 Å². The van der Waals surface area contributed by atoms with Crippen molar-refractivity contribution in [3.05, 3.63) is 29.8 Å². The second kappa shape index (κ2) is 28.5. The first-order valence-electron chi connectivity index (χ1n) is 22.5. The molecule has 0 unspecified atom stereocenters. The number of benzene rings is 1. The van der Waals surface area contributed by atoms with Gasteiger partial charge in [-0.1, -0.05) is 32.4 Å². The van der Waals surface area contributed by atoms with E-state index in [9.17, 15) is 63.9 Å². The van der Waals surface area contributed by atoms with Crippen LogP contribution < -0.4 is 49.1 Å². The van der Waals surface area contributed by atoms with Gasteiger partial charge in [-0.2, -0.15) is 0 Å². The van der Waals surface area contributed by atoms with E-state index in [1.807, 2.05) is 13.8 Å². The fourth-order valence-electron chi connectivity index (χ4n) is 7.16. The number of nitrogens with one attached hydrogen (secondary N) is 6. The minimum atomic E-state index is -1.79. The van der Waals surface area contributed by atoms with Gasteiger partial charge in [0.1, 0.15) is 48.0 Å². The van der Waals surface area contributed by atoms with E-state index in [2.05, 4.69) is 31.9 Å². The van der Waals surface area contributed by atoms with Gasteiger partial charge < -0.3 is 79.5 Å². The van der Waals surface area contributed by atoms with Crippen LogP contribution in [0.3, 0.4) is 0 Å². The van der Waals surface area contributed by atoms with Gasteiger partial charge in [-0.25, -0.2) is 4.79 Å². The van der Waals surface area contributed by atoms with Crippen LogP contribution in [-0.4, -0.2) is 165 Å². The van der Waals surface area contributed by atoms with Gasteiger partial charge in [-0.05, 0) is 102 Å². The fraction of sp³-hybridized carbons (Fsp3) is 0.674. The number of carbonyl (C=O) groups is 8. The molecule has 7 amide bonds. The zero-order valence-corrected chi connectivity index (χ0v) is 38.2. The Bertz CT molecular complexity index is 1770. The molecule has 23 nitrogen and oxygen atoms in total. The summed E-state index contributed by atoms with van der Waals surface area (Å²) in [7, 11) is 0. The maximum atomic E-state index is 14.2. The lowest BCUT2D eigenvalue weighted by atomic mass is 9.98. The molecule has 1 heterocycles. The highest BCUT2D eigenvalue weighted by molar-refractivity contribution is 5.98. The van der Waals surface area contributed by atoms with Gasteiger partial charge in [0.2, 0.25) is 41.4 Å². The summed E-state index contributed by atoms with van der Waals surface area (Å²) in [6, 6.07) is -5.27. The predicted octanol–water partition coefficient (Wildman–Crippen LogP) is -3.70. The number of likely N-dealkylation sites (tertiary alicyclic amines) is 1. The molecule has 0 spiro atoms. The van der Waals surface area contributed by atoms with Crippen LogP contribution in [0.4, 0.5) is 0 Å². The zero-order valence-electron chi connectivity index (χ0n) is 38.2. The number of aliphatic hydroxyl groups is 3. The average molecular weight is 937 g/mol. The van der Waals surface area contributed by atoms with E-state index in [-0.39, 0.29) is 50.6 Å². The summed E-state index contributed by atoms with van der Waals surface area (Å²) >= 11 is 0. The van der Waals surface area contributed by atoms with Crippen molar-refractivity contribution >= 4 is 47.3 Å². The highest BCUT2D eigenvalue weighted by Crippen LogP contribution is 2.21. The summed E-state index contributed by atoms with van der Waals surface area (Å²) in [5, 5.41) is 64.4.